The molecule has 0 radical (unpaired) electrons. The van der Waals surface area contributed by atoms with E-state index in [1.165, 1.54) is 12.8 Å². The molecule has 1 unspecified atom stereocenters. The van der Waals surface area contributed by atoms with Gasteiger partial charge in [0.25, 0.3) is 0 Å². The fraction of sp³-hybridized carbons (Fsp3) is 0.867. The SMILES string of the molecule is CC.CCCCC(CC(C)(C)C)c1nc(C)no1. The van der Waals surface area contributed by atoms with E-state index >= 15 is 0 Å². The van der Waals surface area contributed by atoms with E-state index in [0.29, 0.717) is 11.3 Å². The van der Waals surface area contributed by atoms with Crippen LogP contribution in [-0.2, 0) is 0 Å². The van der Waals surface area contributed by atoms with Crippen LogP contribution in [0.4, 0.5) is 0 Å². The van der Waals surface area contributed by atoms with Crippen LogP contribution < -0.4 is 0 Å². The van der Waals surface area contributed by atoms with Crippen LogP contribution in [0.2, 0.25) is 0 Å². The minimum atomic E-state index is 0.306. The highest BCUT2D eigenvalue weighted by atomic mass is 16.5. The third-order valence-corrected chi connectivity index (χ3v) is 2.66. The summed E-state index contributed by atoms with van der Waals surface area (Å²) < 4.78 is 5.31. The Morgan fingerprint density at radius 3 is 2.22 bits per heavy atom. The van der Waals surface area contributed by atoms with Crippen LogP contribution in [0.1, 0.15) is 84.9 Å². The van der Waals surface area contributed by atoms with Crippen molar-refractivity contribution in [3.05, 3.63) is 11.7 Å². The lowest BCUT2D eigenvalue weighted by Gasteiger charge is -2.23. The van der Waals surface area contributed by atoms with Gasteiger partial charge in [0.05, 0.1) is 0 Å². The minimum absolute atomic E-state index is 0.306. The first-order valence-corrected chi connectivity index (χ1v) is 7.22. The second-order valence-electron chi connectivity index (χ2n) is 5.78. The molecule has 3 heteroatoms. The molecule has 0 aliphatic rings. The number of rotatable bonds is 5. The fourth-order valence-corrected chi connectivity index (χ4v) is 1.98. The van der Waals surface area contributed by atoms with E-state index in [2.05, 4.69) is 37.8 Å². The van der Waals surface area contributed by atoms with Crippen LogP contribution in [0.5, 0.6) is 0 Å². The molecule has 18 heavy (non-hydrogen) atoms. The van der Waals surface area contributed by atoms with Crippen molar-refractivity contribution < 1.29 is 4.52 Å². The Labute approximate surface area is 112 Å². The quantitative estimate of drug-likeness (QED) is 0.732. The van der Waals surface area contributed by atoms with Crippen molar-refractivity contribution >= 4 is 0 Å². The van der Waals surface area contributed by atoms with Gasteiger partial charge in [0.2, 0.25) is 5.89 Å². The smallest absolute Gasteiger partial charge is 0.229 e. The lowest BCUT2D eigenvalue weighted by atomic mass is 9.82. The summed E-state index contributed by atoms with van der Waals surface area (Å²) in [6, 6.07) is 0. The van der Waals surface area contributed by atoms with E-state index in [-0.39, 0.29) is 0 Å². The Bertz CT molecular complexity index is 313. The minimum Gasteiger partial charge on any atom is -0.339 e. The van der Waals surface area contributed by atoms with Crippen LogP contribution >= 0.6 is 0 Å². The molecule has 0 bridgehead atoms. The van der Waals surface area contributed by atoms with Gasteiger partial charge in [-0.3, -0.25) is 0 Å². The summed E-state index contributed by atoms with van der Waals surface area (Å²) in [7, 11) is 0. The highest BCUT2D eigenvalue weighted by molar-refractivity contribution is 4.94. The van der Waals surface area contributed by atoms with Gasteiger partial charge in [0, 0.05) is 5.92 Å². The standard InChI is InChI=1S/C13H24N2O.C2H6/c1-6-7-8-11(9-13(3,4)5)12-14-10(2)15-16-12;1-2/h11H,6-9H2,1-5H3;1-2H3. The maximum absolute atomic E-state index is 5.31. The molecule has 106 valence electrons. The Morgan fingerprint density at radius 2 is 1.83 bits per heavy atom. The number of aromatic nitrogens is 2. The van der Waals surface area contributed by atoms with Crippen LogP contribution in [0.15, 0.2) is 4.52 Å². The molecular formula is C15H30N2O. The van der Waals surface area contributed by atoms with E-state index in [1.54, 1.807) is 0 Å². The first-order valence-electron chi connectivity index (χ1n) is 7.22. The zero-order valence-electron chi connectivity index (χ0n) is 13.2. The Morgan fingerprint density at radius 1 is 1.22 bits per heavy atom. The first kappa shape index (κ1) is 17.1. The summed E-state index contributed by atoms with van der Waals surface area (Å²) in [5.74, 6) is 1.98. The second-order valence-corrected chi connectivity index (χ2v) is 5.78. The van der Waals surface area contributed by atoms with E-state index in [4.69, 9.17) is 4.52 Å². The predicted molar refractivity (Wildman–Crippen MR) is 76.7 cm³/mol. The normalized spacial score (nSPS) is 12.8. The molecule has 0 spiro atoms. The molecule has 0 saturated carbocycles. The number of unbranched alkanes of at least 4 members (excludes halogenated alkanes) is 1. The number of hydrogen-bond donors (Lipinski definition) is 0. The molecule has 1 aromatic rings. The van der Waals surface area contributed by atoms with E-state index in [1.807, 2.05) is 20.8 Å². The Hall–Kier alpha value is -0.860. The van der Waals surface area contributed by atoms with Crippen LogP contribution in [0, 0.1) is 12.3 Å². The molecule has 1 atom stereocenters. The lowest BCUT2D eigenvalue weighted by molar-refractivity contribution is 0.272. The molecule has 1 rings (SSSR count). The van der Waals surface area contributed by atoms with Crippen LogP contribution in [0.25, 0.3) is 0 Å². The van der Waals surface area contributed by atoms with Gasteiger partial charge in [0.15, 0.2) is 5.82 Å². The average Bonchev–Trinajstić information content (AvgIpc) is 2.72. The fourth-order valence-electron chi connectivity index (χ4n) is 1.98. The van der Waals surface area contributed by atoms with Crippen LogP contribution in [-0.4, -0.2) is 10.1 Å². The summed E-state index contributed by atoms with van der Waals surface area (Å²) in [5, 5.41) is 3.89. The number of nitrogens with zero attached hydrogens (tertiary/aromatic N) is 2. The molecule has 0 saturated heterocycles. The zero-order chi connectivity index (χ0) is 14.2. The summed E-state index contributed by atoms with van der Waals surface area (Å²) in [6.45, 7) is 14.9. The van der Waals surface area contributed by atoms with Crippen LogP contribution in [0.3, 0.4) is 0 Å². The van der Waals surface area contributed by atoms with Gasteiger partial charge >= 0.3 is 0 Å². The van der Waals surface area contributed by atoms with Crippen molar-refractivity contribution in [2.75, 3.05) is 0 Å². The third kappa shape index (κ3) is 6.77. The first-order chi connectivity index (χ1) is 8.42. The van der Waals surface area contributed by atoms with E-state index < -0.39 is 0 Å². The maximum Gasteiger partial charge on any atom is 0.229 e. The van der Waals surface area contributed by atoms with E-state index in [9.17, 15) is 0 Å². The molecule has 0 amide bonds. The highest BCUT2D eigenvalue weighted by Crippen LogP contribution is 2.33. The van der Waals surface area contributed by atoms with Gasteiger partial charge in [-0.1, -0.05) is 59.5 Å². The van der Waals surface area contributed by atoms with Gasteiger partial charge in [-0.2, -0.15) is 4.98 Å². The topological polar surface area (TPSA) is 38.9 Å². The molecule has 3 nitrogen and oxygen atoms in total. The summed E-state index contributed by atoms with van der Waals surface area (Å²) in [4.78, 5) is 4.37. The van der Waals surface area contributed by atoms with Gasteiger partial charge in [-0.25, -0.2) is 0 Å². The zero-order valence-corrected chi connectivity index (χ0v) is 13.2. The number of hydrogen-bond acceptors (Lipinski definition) is 3. The molecule has 0 fully saturated rings. The highest BCUT2D eigenvalue weighted by Gasteiger charge is 2.24. The molecule has 1 heterocycles. The van der Waals surface area contributed by atoms with Gasteiger partial charge in [-0.05, 0) is 25.2 Å². The van der Waals surface area contributed by atoms with Gasteiger partial charge in [0.1, 0.15) is 0 Å². The van der Waals surface area contributed by atoms with E-state index in [0.717, 1.165) is 24.6 Å². The van der Waals surface area contributed by atoms with Crippen molar-refractivity contribution in [3.63, 3.8) is 0 Å². The summed E-state index contributed by atoms with van der Waals surface area (Å²) >= 11 is 0. The second kappa shape index (κ2) is 8.28. The van der Waals surface area contributed by atoms with Crippen molar-refractivity contribution in [1.82, 2.24) is 10.1 Å². The average molecular weight is 254 g/mol. The molecule has 0 aliphatic carbocycles. The third-order valence-electron chi connectivity index (χ3n) is 2.66. The lowest BCUT2D eigenvalue weighted by Crippen LogP contribution is -2.12. The molecule has 0 N–H and O–H groups in total. The molecule has 0 aromatic carbocycles. The Balaban J connectivity index is 0.00000137. The van der Waals surface area contributed by atoms with Gasteiger partial charge in [-0.15, -0.1) is 0 Å². The molecule has 1 aromatic heterocycles. The van der Waals surface area contributed by atoms with Crippen molar-refractivity contribution in [2.45, 2.75) is 80.1 Å². The molecule has 0 aliphatic heterocycles. The summed E-state index contributed by atoms with van der Waals surface area (Å²) in [6.07, 6.45) is 4.69. The monoisotopic (exact) mass is 254 g/mol. The predicted octanol–water partition coefficient (Wildman–Crippen LogP) is 5.11. The largest absolute Gasteiger partial charge is 0.339 e. The molecular weight excluding hydrogens is 224 g/mol. The Kier molecular flexibility index (Phi) is 7.88. The summed E-state index contributed by atoms with van der Waals surface area (Å²) in [5.41, 5.74) is 0.306. The maximum atomic E-state index is 5.31. The van der Waals surface area contributed by atoms with Crippen molar-refractivity contribution in [2.24, 2.45) is 5.41 Å². The van der Waals surface area contributed by atoms with Gasteiger partial charge < -0.3 is 4.52 Å². The van der Waals surface area contributed by atoms with Crippen molar-refractivity contribution in [1.29, 1.82) is 0 Å². The van der Waals surface area contributed by atoms with Crippen molar-refractivity contribution in [3.8, 4) is 0 Å². The number of aryl methyl sites for hydroxylation is 1.